The highest BCUT2D eigenvalue weighted by atomic mass is 15.2. The fraction of sp³-hybridized carbons (Fsp3) is 0.571. The lowest BCUT2D eigenvalue weighted by atomic mass is 9.94. The van der Waals surface area contributed by atoms with E-state index in [1.807, 2.05) is 11.9 Å². The molecule has 2 nitrogen and oxygen atoms in total. The third kappa shape index (κ3) is 3.16. The molecule has 0 aromatic rings. The van der Waals surface area contributed by atoms with Crippen LogP contribution in [0.3, 0.4) is 0 Å². The maximum Gasteiger partial charge on any atom is 0.102 e. The first-order valence-corrected chi connectivity index (χ1v) is 6.17. The lowest BCUT2D eigenvalue weighted by Crippen LogP contribution is -2.29. The normalized spacial score (nSPS) is 16.5. The third-order valence-corrected chi connectivity index (χ3v) is 3.43. The molecule has 0 aromatic carbocycles. The number of nitrogens with zero attached hydrogens (tertiary/aromatic N) is 1. The summed E-state index contributed by atoms with van der Waals surface area (Å²) in [5.41, 5.74) is 2.32. The van der Waals surface area contributed by atoms with Crippen LogP contribution in [0.25, 0.3) is 0 Å². The molecule has 0 saturated carbocycles. The van der Waals surface area contributed by atoms with Crippen LogP contribution in [-0.4, -0.2) is 11.9 Å². The standard InChI is InChI=1S/C14H24N2/c1-6-13(7-2)8-9-14-10-16(5)12(4)15-11(14)3/h10,13,15H,3-4,6-9H2,1-2,5H3. The van der Waals surface area contributed by atoms with E-state index in [0.717, 1.165) is 23.9 Å². The van der Waals surface area contributed by atoms with Gasteiger partial charge in [-0.3, -0.25) is 0 Å². The first-order chi connectivity index (χ1) is 7.58. The molecule has 1 N–H and O–H groups in total. The van der Waals surface area contributed by atoms with Crippen molar-refractivity contribution in [2.24, 2.45) is 5.92 Å². The van der Waals surface area contributed by atoms with Gasteiger partial charge in [-0.1, -0.05) is 39.8 Å². The maximum absolute atomic E-state index is 4.04. The first kappa shape index (κ1) is 12.9. The van der Waals surface area contributed by atoms with Crippen molar-refractivity contribution < 1.29 is 0 Å². The van der Waals surface area contributed by atoms with Crippen LogP contribution in [0.15, 0.2) is 36.4 Å². The fourth-order valence-corrected chi connectivity index (χ4v) is 2.00. The average Bonchev–Trinajstić information content (AvgIpc) is 2.26. The number of allylic oxidation sites excluding steroid dienone is 1. The van der Waals surface area contributed by atoms with Gasteiger partial charge in [-0.25, -0.2) is 0 Å². The van der Waals surface area contributed by atoms with Crippen LogP contribution in [0.5, 0.6) is 0 Å². The quantitative estimate of drug-likeness (QED) is 0.761. The molecule has 0 radical (unpaired) electrons. The Kier molecular flexibility index (Phi) is 4.66. The zero-order valence-corrected chi connectivity index (χ0v) is 10.8. The van der Waals surface area contributed by atoms with Gasteiger partial charge in [0.25, 0.3) is 0 Å². The summed E-state index contributed by atoms with van der Waals surface area (Å²) in [4.78, 5) is 2.02. The van der Waals surface area contributed by atoms with E-state index >= 15 is 0 Å². The monoisotopic (exact) mass is 220 g/mol. The van der Waals surface area contributed by atoms with E-state index < -0.39 is 0 Å². The molecule has 0 atom stereocenters. The first-order valence-electron chi connectivity index (χ1n) is 6.17. The van der Waals surface area contributed by atoms with E-state index in [1.165, 1.54) is 24.8 Å². The molecular weight excluding hydrogens is 196 g/mol. The zero-order valence-electron chi connectivity index (χ0n) is 10.8. The summed E-state index contributed by atoms with van der Waals surface area (Å²) in [5, 5.41) is 3.21. The summed E-state index contributed by atoms with van der Waals surface area (Å²) in [5.74, 6) is 1.74. The van der Waals surface area contributed by atoms with Crippen LogP contribution < -0.4 is 5.32 Å². The zero-order chi connectivity index (χ0) is 12.1. The van der Waals surface area contributed by atoms with Gasteiger partial charge in [0, 0.05) is 18.9 Å². The van der Waals surface area contributed by atoms with E-state index in [1.54, 1.807) is 0 Å². The van der Waals surface area contributed by atoms with Crippen LogP contribution in [0.2, 0.25) is 0 Å². The van der Waals surface area contributed by atoms with Crippen molar-refractivity contribution in [3.63, 3.8) is 0 Å². The van der Waals surface area contributed by atoms with Crippen molar-refractivity contribution in [1.82, 2.24) is 10.2 Å². The van der Waals surface area contributed by atoms with Crippen molar-refractivity contribution in [3.8, 4) is 0 Å². The Morgan fingerprint density at radius 3 is 2.50 bits per heavy atom. The predicted octanol–water partition coefficient (Wildman–Crippen LogP) is 3.61. The molecule has 0 saturated heterocycles. The van der Waals surface area contributed by atoms with Crippen molar-refractivity contribution in [3.05, 3.63) is 36.4 Å². The van der Waals surface area contributed by atoms with Crippen LogP contribution in [-0.2, 0) is 0 Å². The number of hydrogen-bond acceptors (Lipinski definition) is 2. The van der Waals surface area contributed by atoms with Gasteiger partial charge in [-0.2, -0.15) is 0 Å². The van der Waals surface area contributed by atoms with Gasteiger partial charge < -0.3 is 10.2 Å². The second kappa shape index (κ2) is 5.78. The Balaban J connectivity index is 2.56. The van der Waals surface area contributed by atoms with Crippen molar-refractivity contribution in [2.75, 3.05) is 7.05 Å². The number of nitrogens with one attached hydrogen (secondary N) is 1. The SMILES string of the molecule is C=C1NC(=C)N(C)C=C1CCC(CC)CC. The Morgan fingerprint density at radius 1 is 1.31 bits per heavy atom. The highest BCUT2D eigenvalue weighted by Gasteiger charge is 2.14. The molecule has 0 amide bonds. The minimum Gasteiger partial charge on any atom is -0.342 e. The minimum atomic E-state index is 0.837. The van der Waals surface area contributed by atoms with Crippen molar-refractivity contribution >= 4 is 0 Å². The molecule has 1 aliphatic heterocycles. The number of rotatable bonds is 5. The summed E-state index contributed by atoms with van der Waals surface area (Å²) in [6.07, 6.45) is 7.04. The third-order valence-electron chi connectivity index (χ3n) is 3.43. The summed E-state index contributed by atoms with van der Waals surface area (Å²) >= 11 is 0. The van der Waals surface area contributed by atoms with Crippen LogP contribution in [0.4, 0.5) is 0 Å². The summed E-state index contributed by atoms with van der Waals surface area (Å²) in [7, 11) is 2.01. The van der Waals surface area contributed by atoms with Crippen molar-refractivity contribution in [2.45, 2.75) is 39.5 Å². The highest BCUT2D eigenvalue weighted by Crippen LogP contribution is 2.24. The smallest absolute Gasteiger partial charge is 0.102 e. The van der Waals surface area contributed by atoms with E-state index in [4.69, 9.17) is 0 Å². The van der Waals surface area contributed by atoms with Crippen LogP contribution >= 0.6 is 0 Å². The van der Waals surface area contributed by atoms with Crippen molar-refractivity contribution in [1.29, 1.82) is 0 Å². The molecule has 2 heteroatoms. The Hall–Kier alpha value is -1.18. The molecule has 1 aliphatic rings. The molecule has 0 bridgehead atoms. The predicted molar refractivity (Wildman–Crippen MR) is 70.6 cm³/mol. The molecule has 1 heterocycles. The summed E-state index contributed by atoms with van der Waals surface area (Å²) < 4.78 is 0. The van der Waals surface area contributed by atoms with E-state index in [0.29, 0.717) is 0 Å². The van der Waals surface area contributed by atoms with Gasteiger partial charge >= 0.3 is 0 Å². The van der Waals surface area contributed by atoms with Gasteiger partial charge in [-0.05, 0) is 24.3 Å². The fourth-order valence-electron chi connectivity index (χ4n) is 2.00. The molecule has 0 fully saturated rings. The molecule has 0 aromatic heterocycles. The molecule has 16 heavy (non-hydrogen) atoms. The van der Waals surface area contributed by atoms with Gasteiger partial charge in [0.05, 0.1) is 0 Å². The van der Waals surface area contributed by atoms with Gasteiger partial charge in [-0.15, -0.1) is 0 Å². The molecule has 0 unspecified atom stereocenters. The molecule has 0 aliphatic carbocycles. The van der Waals surface area contributed by atoms with Gasteiger partial charge in [0.1, 0.15) is 5.82 Å². The molecule has 1 rings (SSSR count). The van der Waals surface area contributed by atoms with Crippen LogP contribution in [0.1, 0.15) is 39.5 Å². The minimum absolute atomic E-state index is 0.837. The van der Waals surface area contributed by atoms with E-state index in [2.05, 4.69) is 38.5 Å². The Labute approximate surface area is 99.7 Å². The number of hydrogen-bond donors (Lipinski definition) is 1. The van der Waals surface area contributed by atoms with E-state index in [9.17, 15) is 0 Å². The van der Waals surface area contributed by atoms with Gasteiger partial charge in [0.2, 0.25) is 0 Å². The summed E-state index contributed by atoms with van der Waals surface area (Å²) in [6.45, 7) is 12.5. The lowest BCUT2D eigenvalue weighted by Gasteiger charge is -2.28. The van der Waals surface area contributed by atoms with E-state index in [-0.39, 0.29) is 0 Å². The van der Waals surface area contributed by atoms with Crippen LogP contribution in [0, 0.1) is 5.92 Å². The lowest BCUT2D eigenvalue weighted by molar-refractivity contribution is 0.445. The second-order valence-electron chi connectivity index (χ2n) is 4.54. The maximum atomic E-state index is 4.04. The average molecular weight is 220 g/mol. The Bertz CT molecular complexity index is 298. The molecule has 90 valence electrons. The topological polar surface area (TPSA) is 15.3 Å². The molecule has 0 spiro atoms. The Morgan fingerprint density at radius 2 is 1.94 bits per heavy atom. The molecular formula is C14H24N2. The second-order valence-corrected chi connectivity index (χ2v) is 4.54. The van der Waals surface area contributed by atoms with Gasteiger partial charge in [0.15, 0.2) is 0 Å². The highest BCUT2D eigenvalue weighted by molar-refractivity contribution is 5.33. The summed E-state index contributed by atoms with van der Waals surface area (Å²) in [6, 6.07) is 0. The largest absolute Gasteiger partial charge is 0.342 e.